The number of amides is 1. The molecule has 0 aliphatic carbocycles. The van der Waals surface area contributed by atoms with E-state index >= 15 is 0 Å². The highest BCUT2D eigenvalue weighted by atomic mass is 16.5. The Hall–Kier alpha value is -2.17. The lowest BCUT2D eigenvalue weighted by molar-refractivity contribution is -0.122. The van der Waals surface area contributed by atoms with Crippen LogP contribution in [0.1, 0.15) is 83.6 Å². The van der Waals surface area contributed by atoms with Gasteiger partial charge in [0.15, 0.2) is 5.82 Å². The number of aromatic nitrogens is 2. The minimum absolute atomic E-state index is 0.0598. The van der Waals surface area contributed by atoms with Gasteiger partial charge in [0, 0.05) is 18.3 Å². The van der Waals surface area contributed by atoms with Crippen molar-refractivity contribution in [1.82, 2.24) is 15.5 Å². The van der Waals surface area contributed by atoms with E-state index in [0.29, 0.717) is 36.9 Å². The van der Waals surface area contributed by atoms with Gasteiger partial charge in [-0.2, -0.15) is 4.98 Å². The van der Waals surface area contributed by atoms with Crippen LogP contribution in [0.15, 0.2) is 34.9 Å². The molecule has 5 heteroatoms. The Bertz CT molecular complexity index is 700. The van der Waals surface area contributed by atoms with Crippen molar-refractivity contribution in [3.8, 4) is 0 Å². The standard InChI is InChI=1S/C22H33N3O2/c1-6-16(7-2)20(17-12-9-8-10-13-17)23-18(26)14-11-15-19-24-21(25-27-19)22(3,4)5/h8-10,12-13,16,20H,6-7,11,14-15H2,1-5H3,(H,23,26). The van der Waals surface area contributed by atoms with Crippen LogP contribution in [0, 0.1) is 5.92 Å². The first-order valence-electron chi connectivity index (χ1n) is 10.0. The van der Waals surface area contributed by atoms with E-state index in [9.17, 15) is 4.79 Å². The summed E-state index contributed by atoms with van der Waals surface area (Å²) in [5.41, 5.74) is 1.04. The molecule has 0 spiro atoms. The third kappa shape index (κ3) is 6.19. The zero-order valence-electron chi connectivity index (χ0n) is 17.3. The van der Waals surface area contributed by atoms with Crippen LogP contribution in [0.5, 0.6) is 0 Å². The van der Waals surface area contributed by atoms with Crippen molar-refractivity contribution < 1.29 is 9.32 Å². The summed E-state index contributed by atoms with van der Waals surface area (Å²) in [5.74, 6) is 1.82. The summed E-state index contributed by atoms with van der Waals surface area (Å²) in [4.78, 5) is 17.0. The molecule has 1 aromatic carbocycles. The van der Waals surface area contributed by atoms with E-state index in [0.717, 1.165) is 12.8 Å². The highest BCUT2D eigenvalue weighted by Gasteiger charge is 2.23. The van der Waals surface area contributed by atoms with E-state index < -0.39 is 0 Å². The Labute approximate surface area is 162 Å². The molecule has 1 heterocycles. The van der Waals surface area contributed by atoms with Crippen LogP contribution in [-0.4, -0.2) is 16.0 Å². The second-order valence-corrected chi connectivity index (χ2v) is 8.15. The average Bonchev–Trinajstić information content (AvgIpc) is 3.12. The van der Waals surface area contributed by atoms with Gasteiger partial charge in [0.2, 0.25) is 11.8 Å². The van der Waals surface area contributed by atoms with Crippen molar-refractivity contribution in [2.45, 2.75) is 78.2 Å². The molecule has 0 aliphatic rings. The first kappa shape index (κ1) is 21.1. The van der Waals surface area contributed by atoms with Crippen LogP contribution in [0.25, 0.3) is 0 Å². The van der Waals surface area contributed by atoms with Crippen LogP contribution < -0.4 is 5.32 Å². The van der Waals surface area contributed by atoms with E-state index in [-0.39, 0.29) is 17.4 Å². The van der Waals surface area contributed by atoms with Gasteiger partial charge in [0.1, 0.15) is 0 Å². The molecule has 1 N–H and O–H groups in total. The van der Waals surface area contributed by atoms with Gasteiger partial charge in [0.25, 0.3) is 0 Å². The summed E-state index contributed by atoms with van der Waals surface area (Å²) in [5, 5.41) is 7.28. The van der Waals surface area contributed by atoms with E-state index in [1.165, 1.54) is 5.56 Å². The SMILES string of the molecule is CCC(CC)C(NC(=O)CCCc1nc(C(C)(C)C)no1)c1ccccc1. The number of benzene rings is 1. The minimum Gasteiger partial charge on any atom is -0.349 e. The number of aryl methyl sites for hydroxylation is 1. The van der Waals surface area contributed by atoms with Crippen molar-refractivity contribution in [2.24, 2.45) is 5.92 Å². The van der Waals surface area contributed by atoms with Gasteiger partial charge in [-0.25, -0.2) is 0 Å². The van der Waals surface area contributed by atoms with E-state index in [4.69, 9.17) is 4.52 Å². The third-order valence-corrected chi connectivity index (χ3v) is 4.93. The largest absolute Gasteiger partial charge is 0.349 e. The summed E-state index contributed by atoms with van der Waals surface area (Å²) >= 11 is 0. The van der Waals surface area contributed by atoms with Crippen LogP contribution in [-0.2, 0) is 16.6 Å². The van der Waals surface area contributed by atoms with Gasteiger partial charge in [0.05, 0.1) is 6.04 Å². The van der Waals surface area contributed by atoms with Crippen molar-refractivity contribution in [3.63, 3.8) is 0 Å². The molecule has 148 valence electrons. The molecular weight excluding hydrogens is 338 g/mol. The predicted molar refractivity (Wildman–Crippen MR) is 107 cm³/mol. The topological polar surface area (TPSA) is 68.0 Å². The van der Waals surface area contributed by atoms with Crippen LogP contribution in [0.3, 0.4) is 0 Å². The molecule has 1 atom stereocenters. The highest BCUT2D eigenvalue weighted by molar-refractivity contribution is 5.76. The Kier molecular flexibility index (Phi) is 7.57. The van der Waals surface area contributed by atoms with Crippen LogP contribution >= 0.6 is 0 Å². The maximum absolute atomic E-state index is 12.5. The Balaban J connectivity index is 1.91. The van der Waals surface area contributed by atoms with Gasteiger partial charge < -0.3 is 9.84 Å². The quantitative estimate of drug-likeness (QED) is 0.675. The summed E-state index contributed by atoms with van der Waals surface area (Å²) in [6.45, 7) is 10.5. The van der Waals surface area contributed by atoms with Crippen LogP contribution in [0.4, 0.5) is 0 Å². The molecule has 0 aliphatic heterocycles. The molecular formula is C22H33N3O2. The monoisotopic (exact) mass is 371 g/mol. The van der Waals surface area contributed by atoms with E-state index in [1.807, 2.05) is 18.2 Å². The fourth-order valence-electron chi connectivity index (χ4n) is 3.20. The summed E-state index contributed by atoms with van der Waals surface area (Å²) in [7, 11) is 0. The number of nitrogens with zero attached hydrogens (tertiary/aromatic N) is 2. The molecule has 1 amide bonds. The minimum atomic E-state index is -0.128. The van der Waals surface area contributed by atoms with Crippen molar-refractivity contribution >= 4 is 5.91 Å². The maximum Gasteiger partial charge on any atom is 0.226 e. The molecule has 1 aromatic heterocycles. The molecule has 27 heavy (non-hydrogen) atoms. The highest BCUT2D eigenvalue weighted by Crippen LogP contribution is 2.27. The molecule has 0 saturated heterocycles. The second kappa shape index (κ2) is 9.67. The number of rotatable bonds is 9. The van der Waals surface area contributed by atoms with Crippen molar-refractivity contribution in [3.05, 3.63) is 47.6 Å². The molecule has 2 aromatic rings. The van der Waals surface area contributed by atoms with Gasteiger partial charge >= 0.3 is 0 Å². The number of hydrogen-bond donors (Lipinski definition) is 1. The maximum atomic E-state index is 12.5. The van der Waals surface area contributed by atoms with Crippen molar-refractivity contribution in [1.29, 1.82) is 0 Å². The molecule has 0 saturated carbocycles. The third-order valence-electron chi connectivity index (χ3n) is 4.93. The lowest BCUT2D eigenvalue weighted by Crippen LogP contribution is -2.33. The summed E-state index contributed by atoms with van der Waals surface area (Å²) < 4.78 is 5.30. The lowest BCUT2D eigenvalue weighted by Gasteiger charge is -2.27. The fraction of sp³-hybridized carbons (Fsp3) is 0.591. The van der Waals surface area contributed by atoms with Crippen LogP contribution in [0.2, 0.25) is 0 Å². The zero-order valence-corrected chi connectivity index (χ0v) is 17.3. The van der Waals surface area contributed by atoms with E-state index in [1.54, 1.807) is 0 Å². The number of carbonyl (C=O) groups excluding carboxylic acids is 1. The van der Waals surface area contributed by atoms with Gasteiger partial charge in [-0.05, 0) is 17.9 Å². The molecule has 0 bridgehead atoms. The van der Waals surface area contributed by atoms with Gasteiger partial charge in [-0.3, -0.25) is 4.79 Å². The molecule has 0 radical (unpaired) electrons. The number of hydrogen-bond acceptors (Lipinski definition) is 4. The second-order valence-electron chi connectivity index (χ2n) is 8.15. The normalized spacial score (nSPS) is 13.0. The molecule has 1 unspecified atom stereocenters. The predicted octanol–water partition coefficient (Wildman–Crippen LogP) is 4.98. The summed E-state index contributed by atoms with van der Waals surface area (Å²) in [6, 6.07) is 10.3. The average molecular weight is 372 g/mol. The van der Waals surface area contributed by atoms with Crippen molar-refractivity contribution in [2.75, 3.05) is 0 Å². The Morgan fingerprint density at radius 3 is 2.37 bits per heavy atom. The Morgan fingerprint density at radius 1 is 1.15 bits per heavy atom. The summed E-state index contributed by atoms with van der Waals surface area (Å²) in [6.07, 6.45) is 3.85. The molecule has 2 rings (SSSR count). The molecule has 5 nitrogen and oxygen atoms in total. The fourth-order valence-corrected chi connectivity index (χ4v) is 3.20. The first-order chi connectivity index (χ1) is 12.8. The van der Waals surface area contributed by atoms with Gasteiger partial charge in [-0.1, -0.05) is 82.9 Å². The number of carbonyl (C=O) groups is 1. The van der Waals surface area contributed by atoms with E-state index in [2.05, 4.69) is 62.2 Å². The zero-order chi connectivity index (χ0) is 19.9. The first-order valence-corrected chi connectivity index (χ1v) is 10.0. The smallest absolute Gasteiger partial charge is 0.226 e. The number of nitrogens with one attached hydrogen (secondary N) is 1. The lowest BCUT2D eigenvalue weighted by atomic mass is 9.88. The van der Waals surface area contributed by atoms with Gasteiger partial charge in [-0.15, -0.1) is 0 Å². The Morgan fingerprint density at radius 2 is 1.81 bits per heavy atom. The molecule has 0 fully saturated rings.